The van der Waals surface area contributed by atoms with Gasteiger partial charge in [0.2, 0.25) is 0 Å². The number of fused-ring (bicyclic) bond motifs is 1. The summed E-state index contributed by atoms with van der Waals surface area (Å²) in [5.41, 5.74) is 1.15. The van der Waals surface area contributed by atoms with E-state index in [0.29, 0.717) is 40.9 Å². The average Bonchev–Trinajstić information content (AvgIpc) is 2.78. The highest BCUT2D eigenvalue weighted by molar-refractivity contribution is 6.30. The van der Waals surface area contributed by atoms with Crippen LogP contribution in [0.25, 0.3) is 16.7 Å². The lowest BCUT2D eigenvalue weighted by molar-refractivity contribution is 0.195. The molecule has 0 amide bonds. The Morgan fingerprint density at radius 2 is 1.97 bits per heavy atom. The third kappa shape index (κ3) is 5.86. The smallest absolute Gasteiger partial charge is 0.200 e. The highest BCUT2D eigenvalue weighted by atomic mass is 35.5. The molecule has 8 heteroatoms. The highest BCUT2D eigenvalue weighted by Gasteiger charge is 2.22. The van der Waals surface area contributed by atoms with Gasteiger partial charge < -0.3 is 24.4 Å². The second kappa shape index (κ2) is 11.2. The molecular formula is C27H32ClFN2O4. The largest absolute Gasteiger partial charge is 0.508 e. The van der Waals surface area contributed by atoms with Crippen LogP contribution in [0.2, 0.25) is 5.02 Å². The van der Waals surface area contributed by atoms with Crippen molar-refractivity contribution in [1.82, 2.24) is 9.47 Å². The van der Waals surface area contributed by atoms with E-state index in [-0.39, 0.29) is 41.3 Å². The minimum Gasteiger partial charge on any atom is -0.508 e. The number of pyridine rings is 1. The number of rotatable bonds is 10. The SMILES string of the molecule is C=C(O)c1cn(C(CO)C(C)C)c2cc(OCCN(C)C)c(Cc3cccc(Cl)c3F)cc2c1=O. The van der Waals surface area contributed by atoms with Gasteiger partial charge in [-0.3, -0.25) is 4.79 Å². The third-order valence-corrected chi connectivity index (χ3v) is 6.34. The van der Waals surface area contributed by atoms with E-state index in [0.717, 1.165) is 0 Å². The number of ether oxygens (including phenoxy) is 1. The van der Waals surface area contributed by atoms with E-state index in [1.165, 1.54) is 12.3 Å². The molecule has 35 heavy (non-hydrogen) atoms. The number of nitrogens with zero attached hydrogens (tertiary/aromatic N) is 2. The highest BCUT2D eigenvalue weighted by Crippen LogP contribution is 2.32. The summed E-state index contributed by atoms with van der Waals surface area (Å²) in [5.74, 6) is -0.352. The van der Waals surface area contributed by atoms with Gasteiger partial charge in [0.25, 0.3) is 0 Å². The second-order valence-corrected chi connectivity index (χ2v) is 9.65. The van der Waals surface area contributed by atoms with Crippen LogP contribution in [0.15, 0.2) is 47.9 Å². The second-order valence-electron chi connectivity index (χ2n) is 9.24. The van der Waals surface area contributed by atoms with E-state index in [9.17, 15) is 19.4 Å². The molecule has 1 heterocycles. The number of hydrogen-bond donors (Lipinski definition) is 2. The number of benzene rings is 2. The summed E-state index contributed by atoms with van der Waals surface area (Å²) in [6.07, 6.45) is 1.67. The zero-order valence-electron chi connectivity index (χ0n) is 20.5. The van der Waals surface area contributed by atoms with E-state index in [4.69, 9.17) is 16.3 Å². The van der Waals surface area contributed by atoms with Crippen molar-refractivity contribution in [3.05, 3.63) is 80.9 Å². The van der Waals surface area contributed by atoms with Crippen LogP contribution < -0.4 is 10.2 Å². The maximum Gasteiger partial charge on any atom is 0.200 e. The minimum atomic E-state index is -0.524. The first-order valence-electron chi connectivity index (χ1n) is 11.5. The fraction of sp³-hybridized carbons (Fsp3) is 0.370. The molecule has 0 bridgehead atoms. The summed E-state index contributed by atoms with van der Waals surface area (Å²) >= 11 is 5.99. The van der Waals surface area contributed by atoms with Crippen LogP contribution >= 0.6 is 11.6 Å². The topological polar surface area (TPSA) is 74.9 Å². The summed E-state index contributed by atoms with van der Waals surface area (Å²) in [6.45, 7) is 8.33. The molecule has 0 saturated heterocycles. The van der Waals surface area contributed by atoms with Gasteiger partial charge in [-0.25, -0.2) is 4.39 Å². The van der Waals surface area contributed by atoms with Crippen molar-refractivity contribution in [3.8, 4) is 5.75 Å². The molecule has 2 N–H and O–H groups in total. The third-order valence-electron chi connectivity index (χ3n) is 6.05. The zero-order chi connectivity index (χ0) is 25.9. The first-order valence-corrected chi connectivity index (χ1v) is 11.8. The summed E-state index contributed by atoms with van der Waals surface area (Å²) in [6, 6.07) is 7.85. The van der Waals surface area contributed by atoms with Gasteiger partial charge in [0.1, 0.15) is 23.9 Å². The Labute approximate surface area is 209 Å². The average molecular weight is 503 g/mol. The summed E-state index contributed by atoms with van der Waals surface area (Å²) in [7, 11) is 3.86. The van der Waals surface area contributed by atoms with Crippen molar-refractivity contribution in [3.63, 3.8) is 0 Å². The van der Waals surface area contributed by atoms with Gasteiger partial charge in [0.05, 0.1) is 28.8 Å². The Bertz CT molecular complexity index is 1290. The molecule has 0 saturated carbocycles. The molecule has 0 spiro atoms. The fourth-order valence-corrected chi connectivity index (χ4v) is 4.22. The van der Waals surface area contributed by atoms with E-state index in [1.807, 2.05) is 32.8 Å². The summed E-state index contributed by atoms with van der Waals surface area (Å²) in [4.78, 5) is 15.3. The monoisotopic (exact) mass is 502 g/mol. The molecule has 188 valence electrons. The maximum absolute atomic E-state index is 14.7. The van der Waals surface area contributed by atoms with Crippen molar-refractivity contribution >= 4 is 28.3 Å². The quantitative estimate of drug-likeness (QED) is 0.380. The van der Waals surface area contributed by atoms with Crippen molar-refractivity contribution in [2.24, 2.45) is 5.92 Å². The first-order chi connectivity index (χ1) is 16.5. The van der Waals surface area contributed by atoms with Gasteiger partial charge in [-0.15, -0.1) is 0 Å². The molecule has 1 atom stereocenters. The van der Waals surface area contributed by atoms with Crippen molar-refractivity contribution in [2.75, 3.05) is 33.9 Å². The number of hydrogen-bond acceptors (Lipinski definition) is 5. The Hall–Kier alpha value is -2.87. The summed E-state index contributed by atoms with van der Waals surface area (Å²) in [5, 5.41) is 20.6. The van der Waals surface area contributed by atoms with Crippen LogP contribution in [0, 0.1) is 11.7 Å². The van der Waals surface area contributed by atoms with Gasteiger partial charge in [-0.1, -0.05) is 44.2 Å². The van der Waals surface area contributed by atoms with Crippen molar-refractivity contribution in [1.29, 1.82) is 0 Å². The van der Waals surface area contributed by atoms with Gasteiger partial charge in [0.15, 0.2) is 5.43 Å². The fourth-order valence-electron chi connectivity index (χ4n) is 4.02. The molecule has 6 nitrogen and oxygen atoms in total. The molecule has 2 aromatic carbocycles. The van der Waals surface area contributed by atoms with Crippen molar-refractivity contribution < 1.29 is 19.3 Å². The van der Waals surface area contributed by atoms with Crippen LogP contribution in [-0.2, 0) is 6.42 Å². The molecular weight excluding hydrogens is 471 g/mol. The van der Waals surface area contributed by atoms with Crippen LogP contribution in [0.1, 0.15) is 36.6 Å². The number of aliphatic hydroxyl groups excluding tert-OH is 2. The van der Waals surface area contributed by atoms with Crippen LogP contribution in [0.5, 0.6) is 5.75 Å². The molecule has 3 aromatic rings. The van der Waals surface area contributed by atoms with Gasteiger partial charge >= 0.3 is 0 Å². The standard InChI is InChI=1S/C27H32ClFN2O4/c1-16(2)24(15-32)31-14-21(17(3)33)27(34)20-12-19(11-18-7-6-8-22(28)26(18)29)25(13-23(20)31)35-10-9-30(4)5/h6-8,12-14,16,24,32-33H,3,9-11,15H2,1-2,4-5H3. The van der Waals surface area contributed by atoms with Gasteiger partial charge in [0, 0.05) is 30.6 Å². The Balaban J connectivity index is 2.29. The van der Waals surface area contributed by atoms with E-state index in [2.05, 4.69) is 6.58 Å². The zero-order valence-corrected chi connectivity index (χ0v) is 21.3. The number of aromatic nitrogens is 1. The normalized spacial score (nSPS) is 12.5. The molecule has 0 aliphatic heterocycles. The lowest BCUT2D eigenvalue weighted by Crippen LogP contribution is -2.24. The molecule has 0 radical (unpaired) electrons. The minimum absolute atomic E-state index is 0.0160. The molecule has 0 aliphatic rings. The Morgan fingerprint density at radius 1 is 1.26 bits per heavy atom. The lowest BCUT2D eigenvalue weighted by Gasteiger charge is -2.26. The number of halogens is 2. The summed E-state index contributed by atoms with van der Waals surface area (Å²) < 4.78 is 22.6. The Kier molecular flexibility index (Phi) is 8.59. The van der Waals surface area contributed by atoms with E-state index >= 15 is 0 Å². The van der Waals surface area contributed by atoms with Crippen LogP contribution in [-0.4, -0.2) is 53.5 Å². The molecule has 1 unspecified atom stereocenters. The number of aliphatic hydroxyl groups is 2. The molecule has 0 fully saturated rings. The predicted molar refractivity (Wildman–Crippen MR) is 139 cm³/mol. The predicted octanol–water partition coefficient (Wildman–Crippen LogP) is 5.04. The molecule has 3 rings (SSSR count). The number of likely N-dealkylation sites (N-methyl/N-ethyl adjacent to an activating group) is 1. The van der Waals surface area contributed by atoms with Crippen LogP contribution in [0.4, 0.5) is 4.39 Å². The van der Waals surface area contributed by atoms with E-state index < -0.39 is 11.2 Å². The maximum atomic E-state index is 14.7. The molecule has 1 aromatic heterocycles. The Morgan fingerprint density at radius 3 is 2.57 bits per heavy atom. The van der Waals surface area contributed by atoms with Crippen molar-refractivity contribution in [2.45, 2.75) is 26.3 Å². The molecule has 0 aliphatic carbocycles. The van der Waals surface area contributed by atoms with E-state index in [1.54, 1.807) is 28.8 Å². The van der Waals surface area contributed by atoms with Gasteiger partial charge in [-0.05, 0) is 43.3 Å². The lowest BCUT2D eigenvalue weighted by atomic mass is 9.98. The first kappa shape index (κ1) is 26.7. The van der Waals surface area contributed by atoms with Gasteiger partial charge in [-0.2, -0.15) is 0 Å². The van der Waals surface area contributed by atoms with Crippen LogP contribution in [0.3, 0.4) is 0 Å².